The summed E-state index contributed by atoms with van der Waals surface area (Å²) in [5.41, 5.74) is 6.60. The summed E-state index contributed by atoms with van der Waals surface area (Å²) in [4.78, 5) is 3.37. The van der Waals surface area contributed by atoms with Gasteiger partial charge in [0.2, 0.25) is 0 Å². The van der Waals surface area contributed by atoms with Gasteiger partial charge in [-0.25, -0.2) is 0 Å². The van der Waals surface area contributed by atoms with Crippen molar-refractivity contribution in [3.63, 3.8) is 0 Å². The highest BCUT2D eigenvalue weighted by Gasteiger charge is 2.36. The Morgan fingerprint density at radius 2 is 1.15 bits per heavy atom. The van der Waals surface area contributed by atoms with Crippen molar-refractivity contribution < 1.29 is 0 Å². The minimum Gasteiger partial charge on any atom is -0.385 e. The smallest absolute Gasteiger partial charge is 0.120 e. The summed E-state index contributed by atoms with van der Waals surface area (Å²) in [6.07, 6.45) is 0. The zero-order valence-corrected chi connectivity index (χ0v) is 20.8. The van der Waals surface area contributed by atoms with Crippen molar-refractivity contribution in [2.24, 2.45) is 0 Å². The molecule has 0 spiro atoms. The normalized spacial score (nSPS) is 11.5. The second kappa shape index (κ2) is 9.36. The fraction of sp³-hybridized carbons (Fsp3) is 0.241. The molecule has 0 aromatic heterocycles. The lowest BCUT2D eigenvalue weighted by molar-refractivity contribution is 0.888. The third kappa shape index (κ3) is 4.26. The van der Waals surface area contributed by atoms with Crippen LogP contribution < -0.4 is 15.1 Å². The highest BCUT2D eigenvalue weighted by atomic mass is 35.5. The molecule has 3 nitrogen and oxygen atoms in total. The molecule has 33 heavy (non-hydrogen) atoms. The molecule has 170 valence electrons. The lowest BCUT2D eigenvalue weighted by atomic mass is 9.81. The van der Waals surface area contributed by atoms with Crippen LogP contribution in [0, 0.1) is 0 Å². The predicted octanol–water partition coefficient (Wildman–Crippen LogP) is 6.93. The molecule has 4 aromatic rings. The molecule has 0 bridgehead atoms. The fourth-order valence-electron chi connectivity index (χ4n) is 4.40. The van der Waals surface area contributed by atoms with Gasteiger partial charge in [0.05, 0.1) is 0 Å². The average molecular weight is 458 g/mol. The maximum atomic E-state index is 7.74. The van der Waals surface area contributed by atoms with E-state index in [1.165, 1.54) is 5.39 Å². The summed E-state index contributed by atoms with van der Waals surface area (Å²) >= 11 is 7.74. The zero-order valence-electron chi connectivity index (χ0n) is 20.1. The van der Waals surface area contributed by atoms with E-state index in [1.807, 2.05) is 0 Å². The molecule has 0 aliphatic rings. The van der Waals surface area contributed by atoms with Gasteiger partial charge in [0.15, 0.2) is 0 Å². The van der Waals surface area contributed by atoms with E-state index in [0.29, 0.717) is 0 Å². The molecule has 0 saturated carbocycles. The molecule has 0 aliphatic heterocycles. The fourth-order valence-corrected chi connectivity index (χ4v) is 4.82. The van der Waals surface area contributed by atoms with Gasteiger partial charge in [0.1, 0.15) is 4.87 Å². The first-order valence-corrected chi connectivity index (χ1v) is 11.7. The second-order valence-corrected chi connectivity index (χ2v) is 9.34. The zero-order chi connectivity index (χ0) is 23.6. The molecule has 0 unspecified atom stereocenters. The van der Waals surface area contributed by atoms with E-state index in [2.05, 4.69) is 135 Å². The molecule has 0 saturated heterocycles. The lowest BCUT2D eigenvalue weighted by Gasteiger charge is -2.31. The lowest BCUT2D eigenvalue weighted by Crippen LogP contribution is -2.23. The molecule has 0 atom stereocenters. The van der Waals surface area contributed by atoms with Gasteiger partial charge in [0, 0.05) is 57.2 Å². The number of nitrogens with one attached hydrogen (secondary N) is 1. The van der Waals surface area contributed by atoms with E-state index in [0.717, 1.165) is 45.7 Å². The van der Waals surface area contributed by atoms with Crippen molar-refractivity contribution in [3.05, 3.63) is 102 Å². The van der Waals surface area contributed by atoms with Crippen LogP contribution in [0.3, 0.4) is 0 Å². The van der Waals surface area contributed by atoms with Crippen molar-refractivity contribution in [1.82, 2.24) is 0 Å². The number of alkyl halides is 1. The van der Waals surface area contributed by atoms with Gasteiger partial charge in [-0.2, -0.15) is 0 Å². The van der Waals surface area contributed by atoms with Gasteiger partial charge in [-0.05, 0) is 59.3 Å². The Labute approximate surface area is 202 Å². The summed E-state index contributed by atoms with van der Waals surface area (Å²) in [6, 6.07) is 30.0. The summed E-state index contributed by atoms with van der Waals surface area (Å²) in [7, 11) is 8.21. The molecular formula is C29H32ClN3. The molecule has 4 rings (SSSR count). The van der Waals surface area contributed by atoms with Gasteiger partial charge >= 0.3 is 0 Å². The first kappa shape index (κ1) is 23.0. The first-order valence-electron chi connectivity index (χ1n) is 11.4. The molecular weight excluding hydrogens is 426 g/mol. The van der Waals surface area contributed by atoms with Crippen LogP contribution in [0.2, 0.25) is 0 Å². The number of benzene rings is 4. The monoisotopic (exact) mass is 457 g/mol. The summed E-state index contributed by atoms with van der Waals surface area (Å²) in [6.45, 7) is 2.99. The summed E-state index contributed by atoms with van der Waals surface area (Å²) in [5.74, 6) is 0. The predicted molar refractivity (Wildman–Crippen MR) is 145 cm³/mol. The Balaban J connectivity index is 1.98. The molecule has 0 fully saturated rings. The largest absolute Gasteiger partial charge is 0.385 e. The molecule has 4 heteroatoms. The van der Waals surface area contributed by atoms with Crippen molar-refractivity contribution in [2.45, 2.75) is 11.8 Å². The SMILES string of the molecule is CCNc1ccc(C(Cl)(c2ccc(N(C)C)cc2)c2ccc(N(C)C)cc2)c2ccccc12. The maximum absolute atomic E-state index is 7.74. The van der Waals surface area contributed by atoms with Crippen LogP contribution in [-0.2, 0) is 4.87 Å². The van der Waals surface area contributed by atoms with Gasteiger partial charge in [-0.1, -0.05) is 54.6 Å². The van der Waals surface area contributed by atoms with E-state index in [1.54, 1.807) is 0 Å². The van der Waals surface area contributed by atoms with E-state index in [9.17, 15) is 0 Å². The number of hydrogen-bond donors (Lipinski definition) is 1. The van der Waals surface area contributed by atoms with Crippen molar-refractivity contribution in [1.29, 1.82) is 0 Å². The van der Waals surface area contributed by atoms with Crippen LogP contribution in [0.1, 0.15) is 23.6 Å². The number of nitrogens with zero attached hydrogens (tertiary/aromatic N) is 2. The van der Waals surface area contributed by atoms with Crippen LogP contribution in [-0.4, -0.2) is 34.7 Å². The first-order chi connectivity index (χ1) is 15.9. The molecule has 0 radical (unpaired) electrons. The highest BCUT2D eigenvalue weighted by molar-refractivity contribution is 6.29. The summed E-state index contributed by atoms with van der Waals surface area (Å²) in [5, 5.41) is 5.82. The Morgan fingerprint density at radius 1 is 0.667 bits per heavy atom. The number of fused-ring (bicyclic) bond motifs is 1. The summed E-state index contributed by atoms with van der Waals surface area (Å²) < 4.78 is 0. The Hall–Kier alpha value is -3.17. The quantitative estimate of drug-likeness (QED) is 0.239. The van der Waals surface area contributed by atoms with Crippen molar-refractivity contribution in [2.75, 3.05) is 49.9 Å². The molecule has 0 amide bonds. The van der Waals surface area contributed by atoms with E-state index >= 15 is 0 Å². The van der Waals surface area contributed by atoms with Crippen LogP contribution in [0.5, 0.6) is 0 Å². The topological polar surface area (TPSA) is 18.5 Å². The Morgan fingerprint density at radius 3 is 1.61 bits per heavy atom. The highest BCUT2D eigenvalue weighted by Crippen LogP contribution is 2.47. The van der Waals surface area contributed by atoms with Crippen LogP contribution in [0.15, 0.2) is 84.9 Å². The van der Waals surface area contributed by atoms with Crippen LogP contribution in [0.25, 0.3) is 10.8 Å². The van der Waals surface area contributed by atoms with Gasteiger partial charge in [0.25, 0.3) is 0 Å². The van der Waals surface area contributed by atoms with Gasteiger partial charge < -0.3 is 15.1 Å². The standard InChI is InChI=1S/C29H32ClN3/c1-6-31-28-20-19-27(25-9-7-8-10-26(25)28)29(30,21-11-15-23(16-12-21)32(2)3)22-13-17-24(18-14-22)33(4)5/h7-20,31H,6H2,1-5H3. The third-order valence-corrected chi connectivity index (χ3v) is 6.87. The minimum absolute atomic E-state index is 0.833. The van der Waals surface area contributed by atoms with E-state index in [-0.39, 0.29) is 0 Å². The minimum atomic E-state index is -0.833. The third-order valence-electron chi connectivity index (χ3n) is 6.23. The van der Waals surface area contributed by atoms with Crippen LogP contribution in [0.4, 0.5) is 17.1 Å². The number of anilines is 3. The van der Waals surface area contributed by atoms with Crippen LogP contribution >= 0.6 is 11.6 Å². The van der Waals surface area contributed by atoms with Gasteiger partial charge in [-0.3, -0.25) is 0 Å². The maximum Gasteiger partial charge on any atom is 0.120 e. The van der Waals surface area contributed by atoms with Crippen molar-refractivity contribution >= 4 is 39.4 Å². The molecule has 0 heterocycles. The van der Waals surface area contributed by atoms with E-state index in [4.69, 9.17) is 11.6 Å². The molecule has 4 aromatic carbocycles. The Bertz CT molecular complexity index is 1180. The second-order valence-electron chi connectivity index (χ2n) is 8.78. The number of halogens is 1. The molecule has 0 aliphatic carbocycles. The van der Waals surface area contributed by atoms with E-state index < -0.39 is 4.87 Å². The number of hydrogen-bond acceptors (Lipinski definition) is 3. The van der Waals surface area contributed by atoms with Gasteiger partial charge in [-0.15, -0.1) is 11.6 Å². The molecule has 1 N–H and O–H groups in total. The Kier molecular flexibility index (Phi) is 6.53. The van der Waals surface area contributed by atoms with Crippen molar-refractivity contribution in [3.8, 4) is 0 Å². The number of rotatable bonds is 7. The average Bonchev–Trinajstić information content (AvgIpc) is 2.84.